The molecule has 0 amide bonds. The van der Waals surface area contributed by atoms with Gasteiger partial charge in [-0.3, -0.25) is 5.10 Å². The van der Waals surface area contributed by atoms with Gasteiger partial charge in [0.1, 0.15) is 4.90 Å². The molecule has 0 unspecified atom stereocenters. The molecule has 1 aliphatic heterocycles. The zero-order chi connectivity index (χ0) is 10.9. The van der Waals surface area contributed by atoms with Crippen LogP contribution in [0.3, 0.4) is 0 Å². The minimum atomic E-state index is -3.35. The van der Waals surface area contributed by atoms with Crippen LogP contribution >= 0.6 is 0 Å². The van der Waals surface area contributed by atoms with Crippen molar-refractivity contribution in [1.29, 1.82) is 0 Å². The molecule has 0 saturated heterocycles. The molecule has 2 rings (SSSR count). The number of hydrogen-bond acceptors (Lipinski definition) is 3. The third-order valence-corrected chi connectivity index (χ3v) is 4.22. The number of rotatable bonds is 2. The summed E-state index contributed by atoms with van der Waals surface area (Å²) < 4.78 is 25.5. The molecule has 5 nitrogen and oxygen atoms in total. The second-order valence-corrected chi connectivity index (χ2v) is 5.55. The van der Waals surface area contributed by atoms with Gasteiger partial charge in [-0.25, -0.2) is 8.42 Å². The van der Waals surface area contributed by atoms with Gasteiger partial charge in [-0.15, -0.1) is 0 Å². The maximum atomic E-state index is 12.0. The first-order chi connectivity index (χ1) is 7.10. The van der Waals surface area contributed by atoms with Crippen molar-refractivity contribution in [2.75, 3.05) is 13.1 Å². The predicted octanol–water partition coefficient (Wildman–Crippen LogP) is 0.750. The van der Waals surface area contributed by atoms with E-state index in [0.29, 0.717) is 13.1 Å². The van der Waals surface area contributed by atoms with Crippen LogP contribution in [0.5, 0.6) is 0 Å². The summed E-state index contributed by atoms with van der Waals surface area (Å²) in [6, 6.07) is 0. The van der Waals surface area contributed by atoms with Gasteiger partial charge >= 0.3 is 0 Å². The lowest BCUT2D eigenvalue weighted by atomic mass is 10.2. The molecule has 0 bridgehead atoms. The fourth-order valence-corrected chi connectivity index (χ4v) is 3.02. The van der Waals surface area contributed by atoms with Crippen molar-refractivity contribution < 1.29 is 8.42 Å². The Bertz CT molecular complexity index is 462. The van der Waals surface area contributed by atoms with E-state index in [-0.39, 0.29) is 4.90 Å². The smallest absolute Gasteiger partial charge is 0.246 e. The summed E-state index contributed by atoms with van der Waals surface area (Å²) in [5.41, 5.74) is 1.09. The molecule has 0 radical (unpaired) electrons. The van der Waals surface area contributed by atoms with Crippen molar-refractivity contribution in [2.24, 2.45) is 0 Å². The summed E-state index contributed by atoms with van der Waals surface area (Å²) in [7, 11) is -3.35. The standard InChI is InChI=1S/C9H13N3O2S/c1-8-3-2-4-12(7-8)15(13,14)9-5-10-11-6-9/h3,5-6H,2,4,7H2,1H3,(H,10,11). The van der Waals surface area contributed by atoms with Crippen LogP contribution in [-0.4, -0.2) is 36.0 Å². The molecule has 1 aromatic heterocycles. The Balaban J connectivity index is 2.28. The van der Waals surface area contributed by atoms with Gasteiger partial charge in [0.05, 0.1) is 6.20 Å². The van der Waals surface area contributed by atoms with E-state index in [2.05, 4.69) is 16.3 Å². The van der Waals surface area contributed by atoms with E-state index in [1.54, 1.807) is 0 Å². The highest BCUT2D eigenvalue weighted by Crippen LogP contribution is 2.18. The lowest BCUT2D eigenvalue weighted by Crippen LogP contribution is -2.35. The van der Waals surface area contributed by atoms with Crippen LogP contribution in [0.2, 0.25) is 0 Å². The Morgan fingerprint density at radius 3 is 2.93 bits per heavy atom. The number of aromatic amines is 1. The number of nitrogens with one attached hydrogen (secondary N) is 1. The third-order valence-electron chi connectivity index (χ3n) is 2.41. The molecular weight excluding hydrogens is 214 g/mol. The molecule has 6 heteroatoms. The number of aromatic nitrogens is 2. The van der Waals surface area contributed by atoms with Gasteiger partial charge in [-0.05, 0) is 13.3 Å². The highest BCUT2D eigenvalue weighted by atomic mass is 32.2. The first-order valence-corrected chi connectivity index (χ1v) is 6.19. The number of nitrogens with zero attached hydrogens (tertiary/aromatic N) is 2. The number of H-pyrrole nitrogens is 1. The van der Waals surface area contributed by atoms with E-state index in [0.717, 1.165) is 12.0 Å². The maximum absolute atomic E-state index is 12.0. The summed E-state index contributed by atoms with van der Waals surface area (Å²) in [5.74, 6) is 0. The molecule has 1 aromatic rings. The van der Waals surface area contributed by atoms with Crippen molar-refractivity contribution >= 4 is 10.0 Å². The van der Waals surface area contributed by atoms with Crippen LogP contribution in [0.15, 0.2) is 28.9 Å². The third kappa shape index (κ3) is 1.95. The lowest BCUT2D eigenvalue weighted by Gasteiger charge is -2.24. The largest absolute Gasteiger partial charge is 0.284 e. The molecule has 15 heavy (non-hydrogen) atoms. The van der Waals surface area contributed by atoms with Gasteiger partial charge in [0.2, 0.25) is 10.0 Å². The van der Waals surface area contributed by atoms with Gasteiger partial charge in [-0.1, -0.05) is 11.6 Å². The second kappa shape index (κ2) is 3.79. The van der Waals surface area contributed by atoms with Gasteiger partial charge < -0.3 is 0 Å². The maximum Gasteiger partial charge on any atom is 0.246 e. The molecule has 1 N–H and O–H groups in total. The molecule has 1 aliphatic rings. The van der Waals surface area contributed by atoms with Crippen LogP contribution in [0.25, 0.3) is 0 Å². The van der Waals surface area contributed by atoms with Crippen molar-refractivity contribution in [1.82, 2.24) is 14.5 Å². The Hall–Kier alpha value is -1.14. The molecule has 0 atom stereocenters. The molecular formula is C9H13N3O2S. The number of sulfonamides is 1. The zero-order valence-electron chi connectivity index (χ0n) is 8.47. The van der Waals surface area contributed by atoms with Crippen LogP contribution in [0.1, 0.15) is 13.3 Å². The predicted molar refractivity (Wildman–Crippen MR) is 55.7 cm³/mol. The van der Waals surface area contributed by atoms with E-state index in [1.807, 2.05) is 6.92 Å². The van der Waals surface area contributed by atoms with E-state index >= 15 is 0 Å². The lowest BCUT2D eigenvalue weighted by molar-refractivity contribution is 0.428. The van der Waals surface area contributed by atoms with Crippen LogP contribution in [0, 0.1) is 0 Å². The molecule has 0 aliphatic carbocycles. The van der Waals surface area contributed by atoms with E-state index in [9.17, 15) is 8.42 Å². The quantitative estimate of drug-likeness (QED) is 0.758. The van der Waals surface area contributed by atoms with E-state index in [1.165, 1.54) is 16.7 Å². The van der Waals surface area contributed by atoms with Crippen LogP contribution < -0.4 is 0 Å². The summed E-state index contributed by atoms with van der Waals surface area (Å²) in [4.78, 5) is 0.234. The normalized spacial score (nSPS) is 18.9. The van der Waals surface area contributed by atoms with Crippen LogP contribution in [-0.2, 0) is 10.0 Å². The van der Waals surface area contributed by atoms with Crippen molar-refractivity contribution in [3.8, 4) is 0 Å². The van der Waals surface area contributed by atoms with Crippen molar-refractivity contribution in [2.45, 2.75) is 18.2 Å². The Labute approximate surface area is 88.8 Å². The van der Waals surface area contributed by atoms with Gasteiger partial charge in [-0.2, -0.15) is 9.40 Å². The molecule has 0 fully saturated rings. The Kier molecular flexibility index (Phi) is 2.62. The summed E-state index contributed by atoms with van der Waals surface area (Å²) >= 11 is 0. The Morgan fingerprint density at radius 2 is 2.33 bits per heavy atom. The van der Waals surface area contributed by atoms with E-state index < -0.39 is 10.0 Å². The minimum Gasteiger partial charge on any atom is -0.284 e. The van der Waals surface area contributed by atoms with Crippen LogP contribution in [0.4, 0.5) is 0 Å². The Morgan fingerprint density at radius 1 is 1.53 bits per heavy atom. The number of hydrogen-bond donors (Lipinski definition) is 1. The molecule has 2 heterocycles. The monoisotopic (exact) mass is 227 g/mol. The fraction of sp³-hybridized carbons (Fsp3) is 0.444. The highest BCUT2D eigenvalue weighted by molar-refractivity contribution is 7.89. The highest BCUT2D eigenvalue weighted by Gasteiger charge is 2.26. The summed E-state index contributed by atoms with van der Waals surface area (Å²) in [6.45, 7) is 2.97. The zero-order valence-corrected chi connectivity index (χ0v) is 9.29. The summed E-state index contributed by atoms with van der Waals surface area (Å²) in [5, 5.41) is 6.17. The second-order valence-electron chi connectivity index (χ2n) is 3.61. The van der Waals surface area contributed by atoms with Crippen molar-refractivity contribution in [3.05, 3.63) is 24.0 Å². The summed E-state index contributed by atoms with van der Waals surface area (Å²) in [6.07, 6.45) is 5.59. The molecule has 0 saturated carbocycles. The van der Waals surface area contributed by atoms with Crippen molar-refractivity contribution in [3.63, 3.8) is 0 Å². The first kappa shape index (κ1) is 10.4. The minimum absolute atomic E-state index is 0.234. The van der Waals surface area contributed by atoms with Gasteiger partial charge in [0.25, 0.3) is 0 Å². The molecule has 0 aromatic carbocycles. The molecule has 0 spiro atoms. The fourth-order valence-electron chi connectivity index (χ4n) is 1.61. The SMILES string of the molecule is CC1=CCCN(S(=O)(=O)c2cn[nH]c2)C1. The van der Waals surface area contributed by atoms with E-state index in [4.69, 9.17) is 0 Å². The van der Waals surface area contributed by atoms with Gasteiger partial charge in [0.15, 0.2) is 0 Å². The average Bonchev–Trinajstić information content (AvgIpc) is 2.71. The topological polar surface area (TPSA) is 66.1 Å². The van der Waals surface area contributed by atoms with Gasteiger partial charge in [0, 0.05) is 19.3 Å². The first-order valence-electron chi connectivity index (χ1n) is 4.75. The molecule has 82 valence electrons. The average molecular weight is 227 g/mol.